The van der Waals surface area contributed by atoms with E-state index in [0.29, 0.717) is 38.2 Å². The number of benzene rings is 2. The molecule has 3 N–H and O–H groups in total. The fraction of sp³-hybridized carbons (Fsp3) is 0.480. The molecule has 32 heavy (non-hydrogen) atoms. The highest BCUT2D eigenvalue weighted by Gasteiger charge is 2.21. The van der Waals surface area contributed by atoms with Gasteiger partial charge in [-0.3, -0.25) is 0 Å². The summed E-state index contributed by atoms with van der Waals surface area (Å²) in [5.41, 5.74) is 2.65. The van der Waals surface area contributed by atoms with Gasteiger partial charge in [0.05, 0.1) is 18.3 Å². The Morgan fingerprint density at radius 2 is 1.81 bits per heavy atom. The van der Waals surface area contributed by atoms with E-state index in [2.05, 4.69) is 53.7 Å². The zero-order valence-corrected chi connectivity index (χ0v) is 21.6. The minimum absolute atomic E-state index is 0. The van der Waals surface area contributed by atoms with E-state index >= 15 is 0 Å². The number of halogens is 2. The molecule has 1 saturated heterocycles. The van der Waals surface area contributed by atoms with Gasteiger partial charge in [-0.15, -0.1) is 24.0 Å². The third kappa shape index (κ3) is 7.33. The van der Waals surface area contributed by atoms with Crippen LogP contribution in [0.25, 0.3) is 0 Å². The Labute approximate surface area is 208 Å². The van der Waals surface area contributed by atoms with Gasteiger partial charge in [-0.25, -0.2) is 9.38 Å². The van der Waals surface area contributed by atoms with Crippen LogP contribution in [0.15, 0.2) is 53.5 Å². The van der Waals surface area contributed by atoms with Gasteiger partial charge in [-0.05, 0) is 43.0 Å². The summed E-state index contributed by atoms with van der Waals surface area (Å²) < 4.78 is 14.7. The van der Waals surface area contributed by atoms with Crippen molar-refractivity contribution in [2.45, 2.75) is 51.7 Å². The van der Waals surface area contributed by atoms with Crippen LogP contribution in [-0.2, 0) is 12.0 Å². The molecule has 0 saturated carbocycles. The summed E-state index contributed by atoms with van der Waals surface area (Å²) in [6.07, 6.45) is 1.10. The van der Waals surface area contributed by atoms with Gasteiger partial charge in [-0.1, -0.05) is 50.2 Å². The van der Waals surface area contributed by atoms with Gasteiger partial charge in [0.1, 0.15) is 5.82 Å². The normalized spacial score (nSPS) is 15.3. The van der Waals surface area contributed by atoms with Gasteiger partial charge in [0.15, 0.2) is 5.96 Å². The van der Waals surface area contributed by atoms with E-state index in [-0.39, 0.29) is 41.3 Å². The molecule has 1 fully saturated rings. The minimum atomic E-state index is -0.267. The zero-order chi connectivity index (χ0) is 22.3. The van der Waals surface area contributed by atoms with Crippen LogP contribution in [0.1, 0.15) is 44.7 Å². The second-order valence-electron chi connectivity index (χ2n) is 8.80. The maximum Gasteiger partial charge on any atom is 0.191 e. The van der Waals surface area contributed by atoms with Gasteiger partial charge < -0.3 is 20.6 Å². The number of aliphatic imine (C=N–C) groups is 1. The van der Waals surface area contributed by atoms with Crippen molar-refractivity contribution in [1.82, 2.24) is 10.6 Å². The zero-order valence-electron chi connectivity index (χ0n) is 19.3. The van der Waals surface area contributed by atoms with Crippen LogP contribution in [0, 0.1) is 5.82 Å². The number of piperidine rings is 1. The molecule has 1 heterocycles. The second-order valence-corrected chi connectivity index (χ2v) is 8.80. The Kier molecular flexibility index (Phi) is 10.2. The van der Waals surface area contributed by atoms with Gasteiger partial charge in [0.25, 0.3) is 0 Å². The van der Waals surface area contributed by atoms with E-state index in [1.807, 2.05) is 30.0 Å². The molecule has 3 rings (SSSR count). The lowest BCUT2D eigenvalue weighted by Crippen LogP contribution is -2.43. The lowest BCUT2D eigenvalue weighted by molar-refractivity contribution is 0.145. The first kappa shape index (κ1) is 26.4. The Hall–Kier alpha value is -1.87. The van der Waals surface area contributed by atoms with Gasteiger partial charge in [-0.2, -0.15) is 0 Å². The summed E-state index contributed by atoms with van der Waals surface area (Å²) in [4.78, 5) is 6.66. The number of aliphatic hydroxyl groups is 1. The lowest BCUT2D eigenvalue weighted by atomic mass is 9.85. The first-order valence-corrected chi connectivity index (χ1v) is 11.2. The van der Waals surface area contributed by atoms with Crippen molar-refractivity contribution in [3.05, 3.63) is 65.5 Å². The standard InChI is InChI=1S/C25H35FN4O.HI/c1-4-27-24(29-18-25(2,3)20-8-6-5-7-9-20)28-17-19-10-11-23(22(26)16-19)30-14-12-21(31)13-15-30;/h5-11,16,21,31H,4,12-15,17-18H2,1-3H3,(H2,27,28,29);1H. The van der Waals surface area contributed by atoms with E-state index in [1.165, 1.54) is 5.56 Å². The highest BCUT2D eigenvalue weighted by atomic mass is 127. The lowest BCUT2D eigenvalue weighted by Gasteiger charge is -2.31. The Bertz CT molecular complexity index is 868. The summed E-state index contributed by atoms with van der Waals surface area (Å²) in [5.74, 6) is 0.494. The summed E-state index contributed by atoms with van der Waals surface area (Å²) in [6.45, 7) is 9.69. The summed E-state index contributed by atoms with van der Waals surface area (Å²) in [7, 11) is 0. The van der Waals surface area contributed by atoms with E-state index in [9.17, 15) is 9.50 Å². The number of anilines is 1. The molecule has 176 valence electrons. The summed E-state index contributed by atoms with van der Waals surface area (Å²) >= 11 is 0. The van der Waals surface area contributed by atoms with Crippen molar-refractivity contribution < 1.29 is 9.50 Å². The molecule has 0 spiro atoms. The molecule has 0 aromatic heterocycles. The number of rotatable bonds is 7. The van der Waals surface area contributed by atoms with Crippen LogP contribution >= 0.6 is 24.0 Å². The first-order valence-electron chi connectivity index (χ1n) is 11.2. The second kappa shape index (κ2) is 12.4. The van der Waals surface area contributed by atoms with Crippen molar-refractivity contribution in [2.24, 2.45) is 4.99 Å². The van der Waals surface area contributed by atoms with E-state index in [4.69, 9.17) is 0 Å². The quantitative estimate of drug-likeness (QED) is 0.269. The van der Waals surface area contributed by atoms with Crippen molar-refractivity contribution in [2.75, 3.05) is 31.1 Å². The highest BCUT2D eigenvalue weighted by molar-refractivity contribution is 14.0. The number of hydrogen-bond acceptors (Lipinski definition) is 3. The number of guanidine groups is 1. The number of nitrogens with one attached hydrogen (secondary N) is 2. The minimum Gasteiger partial charge on any atom is -0.393 e. The predicted octanol–water partition coefficient (Wildman–Crippen LogP) is 4.44. The smallest absolute Gasteiger partial charge is 0.191 e. The van der Waals surface area contributed by atoms with Crippen molar-refractivity contribution >= 4 is 35.6 Å². The fourth-order valence-electron chi connectivity index (χ4n) is 3.82. The van der Waals surface area contributed by atoms with Crippen LogP contribution < -0.4 is 15.5 Å². The summed E-state index contributed by atoms with van der Waals surface area (Å²) in [6, 6.07) is 15.7. The SMILES string of the molecule is CCNC(=NCc1ccc(N2CCC(O)CC2)c(F)c1)NCC(C)(C)c1ccccc1.I. The molecule has 0 amide bonds. The van der Waals surface area contributed by atoms with Crippen LogP contribution in [0.5, 0.6) is 0 Å². The van der Waals surface area contributed by atoms with Crippen molar-refractivity contribution in [3.8, 4) is 0 Å². The van der Waals surface area contributed by atoms with Gasteiger partial charge >= 0.3 is 0 Å². The molecule has 1 aliphatic rings. The molecule has 1 aliphatic heterocycles. The van der Waals surface area contributed by atoms with Crippen LogP contribution in [0.2, 0.25) is 0 Å². The fourth-order valence-corrected chi connectivity index (χ4v) is 3.82. The Balaban J connectivity index is 0.00000363. The molecule has 2 aromatic rings. The maximum absolute atomic E-state index is 14.7. The maximum atomic E-state index is 14.7. The first-order chi connectivity index (χ1) is 14.9. The number of aliphatic hydroxyl groups excluding tert-OH is 1. The highest BCUT2D eigenvalue weighted by Crippen LogP contribution is 2.25. The molecule has 0 unspecified atom stereocenters. The van der Waals surface area contributed by atoms with Gasteiger partial charge in [0.2, 0.25) is 0 Å². The summed E-state index contributed by atoms with van der Waals surface area (Å²) in [5, 5.41) is 16.4. The van der Waals surface area contributed by atoms with E-state index in [1.54, 1.807) is 6.07 Å². The molecule has 5 nitrogen and oxygen atoms in total. The monoisotopic (exact) mass is 554 g/mol. The van der Waals surface area contributed by atoms with E-state index in [0.717, 1.165) is 24.6 Å². The average molecular weight is 554 g/mol. The molecule has 0 bridgehead atoms. The van der Waals surface area contributed by atoms with Crippen molar-refractivity contribution in [3.63, 3.8) is 0 Å². The molecular weight excluding hydrogens is 518 g/mol. The Morgan fingerprint density at radius 1 is 1.12 bits per heavy atom. The average Bonchev–Trinajstić information content (AvgIpc) is 2.77. The molecule has 2 aromatic carbocycles. The van der Waals surface area contributed by atoms with E-state index < -0.39 is 0 Å². The number of nitrogens with zero attached hydrogens (tertiary/aromatic N) is 2. The third-order valence-corrected chi connectivity index (χ3v) is 5.83. The third-order valence-electron chi connectivity index (χ3n) is 5.83. The largest absolute Gasteiger partial charge is 0.393 e. The Morgan fingerprint density at radius 3 is 2.44 bits per heavy atom. The topological polar surface area (TPSA) is 59.9 Å². The molecule has 0 atom stereocenters. The molecule has 0 radical (unpaired) electrons. The molecule has 7 heteroatoms. The number of hydrogen-bond donors (Lipinski definition) is 3. The predicted molar refractivity (Wildman–Crippen MR) is 142 cm³/mol. The van der Waals surface area contributed by atoms with Crippen LogP contribution in [-0.4, -0.2) is 43.3 Å². The molecular formula is C25H36FIN4O. The van der Waals surface area contributed by atoms with Crippen LogP contribution in [0.3, 0.4) is 0 Å². The molecule has 0 aliphatic carbocycles. The van der Waals surface area contributed by atoms with Crippen LogP contribution in [0.4, 0.5) is 10.1 Å². The van der Waals surface area contributed by atoms with Gasteiger partial charge in [0, 0.05) is 31.6 Å². The van der Waals surface area contributed by atoms with Crippen molar-refractivity contribution in [1.29, 1.82) is 0 Å².